The lowest BCUT2D eigenvalue weighted by molar-refractivity contribution is 0.302. The van der Waals surface area contributed by atoms with Crippen LogP contribution >= 0.6 is 0 Å². The fourth-order valence-electron chi connectivity index (χ4n) is 6.24. The molecule has 0 heteroatoms. The normalized spacial score (nSPS) is 23.8. The molecular formula is C32H52. The van der Waals surface area contributed by atoms with Crippen LogP contribution in [-0.4, -0.2) is 0 Å². The molecule has 0 spiro atoms. The SMILES string of the molecule is CCCCCCCCCC1CCC(c2ccc(C3=CCC(CCCCC)CC3)cc2)CC1. The van der Waals surface area contributed by atoms with E-state index in [4.69, 9.17) is 0 Å². The van der Waals surface area contributed by atoms with Crippen LogP contribution in [0, 0.1) is 11.8 Å². The highest BCUT2D eigenvalue weighted by Crippen LogP contribution is 2.39. The van der Waals surface area contributed by atoms with Crippen molar-refractivity contribution in [2.45, 2.75) is 142 Å². The molecule has 2 aliphatic carbocycles. The molecule has 1 aromatic rings. The molecule has 1 unspecified atom stereocenters. The molecule has 0 nitrogen and oxygen atoms in total. The zero-order chi connectivity index (χ0) is 22.4. The van der Waals surface area contributed by atoms with E-state index in [0.717, 1.165) is 17.8 Å². The lowest BCUT2D eigenvalue weighted by Gasteiger charge is -2.29. The molecule has 0 aromatic heterocycles. The number of hydrogen-bond acceptors (Lipinski definition) is 0. The monoisotopic (exact) mass is 436 g/mol. The lowest BCUT2D eigenvalue weighted by atomic mass is 9.76. The average Bonchev–Trinajstić information content (AvgIpc) is 2.85. The summed E-state index contributed by atoms with van der Waals surface area (Å²) in [5.41, 5.74) is 4.71. The Labute approximate surface area is 200 Å². The third-order valence-electron chi connectivity index (χ3n) is 8.55. The molecule has 0 bridgehead atoms. The van der Waals surface area contributed by atoms with E-state index in [1.54, 1.807) is 11.1 Å². The van der Waals surface area contributed by atoms with Gasteiger partial charge >= 0.3 is 0 Å². The molecule has 1 aromatic carbocycles. The van der Waals surface area contributed by atoms with E-state index in [2.05, 4.69) is 44.2 Å². The van der Waals surface area contributed by atoms with E-state index < -0.39 is 0 Å². The van der Waals surface area contributed by atoms with Gasteiger partial charge in [-0.15, -0.1) is 0 Å². The minimum Gasteiger partial charge on any atom is -0.0804 e. The van der Waals surface area contributed by atoms with Gasteiger partial charge in [-0.2, -0.15) is 0 Å². The molecule has 0 amide bonds. The lowest BCUT2D eigenvalue weighted by Crippen LogP contribution is -2.13. The maximum atomic E-state index is 2.56. The van der Waals surface area contributed by atoms with Gasteiger partial charge in [0.05, 0.1) is 0 Å². The van der Waals surface area contributed by atoms with E-state index in [-0.39, 0.29) is 0 Å². The molecule has 0 aliphatic heterocycles. The highest BCUT2D eigenvalue weighted by Gasteiger charge is 2.22. The summed E-state index contributed by atoms with van der Waals surface area (Å²) in [7, 11) is 0. The summed E-state index contributed by atoms with van der Waals surface area (Å²) in [4.78, 5) is 0. The highest BCUT2D eigenvalue weighted by molar-refractivity contribution is 5.66. The van der Waals surface area contributed by atoms with Crippen molar-refractivity contribution in [3.63, 3.8) is 0 Å². The maximum absolute atomic E-state index is 2.56. The van der Waals surface area contributed by atoms with Gasteiger partial charge in [-0.05, 0) is 79.4 Å². The van der Waals surface area contributed by atoms with E-state index in [9.17, 15) is 0 Å². The topological polar surface area (TPSA) is 0 Å². The van der Waals surface area contributed by atoms with Crippen molar-refractivity contribution >= 4 is 5.57 Å². The summed E-state index contributed by atoms with van der Waals surface area (Å²) in [6.07, 6.45) is 29.6. The first-order valence-electron chi connectivity index (χ1n) is 14.6. The van der Waals surface area contributed by atoms with Crippen molar-refractivity contribution in [1.29, 1.82) is 0 Å². The quantitative estimate of drug-likeness (QED) is 0.254. The fraction of sp³-hybridized carbons (Fsp3) is 0.750. The van der Waals surface area contributed by atoms with Gasteiger partial charge < -0.3 is 0 Å². The summed E-state index contributed by atoms with van der Waals surface area (Å²) in [5, 5.41) is 0. The Balaban J connectivity index is 1.34. The number of benzene rings is 1. The van der Waals surface area contributed by atoms with E-state index >= 15 is 0 Å². The number of hydrogen-bond donors (Lipinski definition) is 0. The molecule has 0 N–H and O–H groups in total. The first-order valence-corrected chi connectivity index (χ1v) is 14.6. The minimum absolute atomic E-state index is 0.817. The third kappa shape index (κ3) is 8.72. The summed E-state index contributed by atoms with van der Waals surface area (Å²) in [5.74, 6) is 2.78. The first-order chi connectivity index (χ1) is 15.8. The number of rotatable bonds is 14. The van der Waals surface area contributed by atoms with Crippen LogP contribution in [0.4, 0.5) is 0 Å². The van der Waals surface area contributed by atoms with Gasteiger partial charge in [-0.25, -0.2) is 0 Å². The van der Waals surface area contributed by atoms with Gasteiger partial charge in [0.1, 0.15) is 0 Å². The van der Waals surface area contributed by atoms with Crippen molar-refractivity contribution in [1.82, 2.24) is 0 Å². The van der Waals surface area contributed by atoms with Crippen LogP contribution in [0.25, 0.3) is 5.57 Å². The molecule has 32 heavy (non-hydrogen) atoms. The predicted octanol–water partition coefficient (Wildman–Crippen LogP) is 10.9. The van der Waals surface area contributed by atoms with Gasteiger partial charge in [0, 0.05) is 0 Å². The summed E-state index contributed by atoms with van der Waals surface area (Å²) < 4.78 is 0. The number of unbranched alkanes of at least 4 members (excludes halogenated alkanes) is 8. The van der Waals surface area contributed by atoms with Crippen molar-refractivity contribution in [2.75, 3.05) is 0 Å². The third-order valence-corrected chi connectivity index (χ3v) is 8.55. The van der Waals surface area contributed by atoms with E-state index in [0.29, 0.717) is 0 Å². The van der Waals surface area contributed by atoms with Crippen molar-refractivity contribution in [2.24, 2.45) is 11.8 Å². The molecule has 1 atom stereocenters. The van der Waals surface area contributed by atoms with Crippen LogP contribution in [0.15, 0.2) is 30.3 Å². The molecule has 180 valence electrons. The summed E-state index contributed by atoms with van der Waals surface area (Å²) in [6.45, 7) is 4.62. The number of allylic oxidation sites excluding steroid dienone is 2. The molecule has 0 saturated heterocycles. The van der Waals surface area contributed by atoms with Crippen LogP contribution < -0.4 is 0 Å². The Kier molecular flexibility index (Phi) is 12.0. The first kappa shape index (κ1) is 25.6. The zero-order valence-corrected chi connectivity index (χ0v) is 21.6. The Hall–Kier alpha value is -1.04. The average molecular weight is 437 g/mol. The molecular weight excluding hydrogens is 384 g/mol. The molecule has 1 fully saturated rings. The van der Waals surface area contributed by atoms with Crippen LogP contribution in [0.2, 0.25) is 0 Å². The largest absolute Gasteiger partial charge is 0.0804 e. The van der Waals surface area contributed by atoms with Crippen LogP contribution in [0.3, 0.4) is 0 Å². The Bertz CT molecular complexity index is 629. The standard InChI is InChI=1S/C32H52/c1-3-5-7-8-9-10-12-14-28-17-21-30(22-18-28)32-25-23-31(24-26-32)29-19-15-27(16-20-29)13-11-6-4-2/h19,23-28,30H,3-18,20-22H2,1-2H3. The van der Waals surface area contributed by atoms with Crippen LogP contribution in [-0.2, 0) is 0 Å². The molecule has 0 radical (unpaired) electrons. The molecule has 3 rings (SSSR count). The fourth-order valence-corrected chi connectivity index (χ4v) is 6.24. The van der Waals surface area contributed by atoms with Crippen molar-refractivity contribution in [3.8, 4) is 0 Å². The van der Waals surface area contributed by atoms with Gasteiger partial charge in [0.15, 0.2) is 0 Å². The van der Waals surface area contributed by atoms with Crippen molar-refractivity contribution in [3.05, 3.63) is 41.5 Å². The maximum Gasteiger partial charge on any atom is -0.0162 e. The Morgan fingerprint density at radius 3 is 1.88 bits per heavy atom. The molecule has 2 aliphatic rings. The smallest absolute Gasteiger partial charge is 0.0162 e. The summed E-state index contributed by atoms with van der Waals surface area (Å²) >= 11 is 0. The summed E-state index contributed by atoms with van der Waals surface area (Å²) in [6, 6.07) is 9.79. The second-order valence-corrected chi connectivity index (χ2v) is 11.1. The molecule has 1 saturated carbocycles. The minimum atomic E-state index is 0.817. The van der Waals surface area contributed by atoms with Crippen LogP contribution in [0.5, 0.6) is 0 Å². The van der Waals surface area contributed by atoms with E-state index in [1.807, 2.05) is 0 Å². The van der Waals surface area contributed by atoms with Gasteiger partial charge in [-0.3, -0.25) is 0 Å². The zero-order valence-electron chi connectivity index (χ0n) is 21.6. The second-order valence-electron chi connectivity index (χ2n) is 11.1. The van der Waals surface area contributed by atoms with Crippen molar-refractivity contribution < 1.29 is 0 Å². The van der Waals surface area contributed by atoms with E-state index in [1.165, 1.54) is 128 Å². The van der Waals surface area contributed by atoms with Gasteiger partial charge in [0.2, 0.25) is 0 Å². The predicted molar refractivity (Wildman–Crippen MR) is 143 cm³/mol. The van der Waals surface area contributed by atoms with Gasteiger partial charge in [0.25, 0.3) is 0 Å². The Morgan fingerprint density at radius 1 is 0.625 bits per heavy atom. The Morgan fingerprint density at radius 2 is 1.22 bits per heavy atom. The van der Waals surface area contributed by atoms with Crippen LogP contribution in [0.1, 0.15) is 153 Å². The molecule has 0 heterocycles. The second kappa shape index (κ2) is 15.0. The van der Waals surface area contributed by atoms with Gasteiger partial charge in [-0.1, -0.05) is 121 Å². The highest BCUT2D eigenvalue weighted by atomic mass is 14.3.